The van der Waals surface area contributed by atoms with Gasteiger partial charge in [0.25, 0.3) is 11.8 Å². The monoisotopic (exact) mass is 372 g/mol. The largest absolute Gasteiger partial charge is 0.328 e. The summed E-state index contributed by atoms with van der Waals surface area (Å²) < 4.78 is 0. The third-order valence-electron chi connectivity index (χ3n) is 4.88. The van der Waals surface area contributed by atoms with Gasteiger partial charge in [-0.05, 0) is 44.4 Å². The molecule has 1 fully saturated rings. The summed E-state index contributed by atoms with van der Waals surface area (Å²) >= 11 is 0. The Labute approximate surface area is 157 Å². The summed E-state index contributed by atoms with van der Waals surface area (Å²) in [4.78, 5) is 50.1. The van der Waals surface area contributed by atoms with E-state index in [9.17, 15) is 19.2 Å². The highest BCUT2D eigenvalue weighted by molar-refractivity contribution is 6.24. The van der Waals surface area contributed by atoms with Crippen molar-refractivity contribution >= 4 is 23.6 Å². The first-order valence-corrected chi connectivity index (χ1v) is 9.20. The van der Waals surface area contributed by atoms with E-state index in [-0.39, 0.29) is 24.8 Å². The highest BCUT2D eigenvalue weighted by Crippen LogP contribution is 2.29. The Hall–Kier alpha value is -2.58. The maximum atomic E-state index is 12.9. The van der Waals surface area contributed by atoms with Gasteiger partial charge in [0.2, 0.25) is 11.8 Å². The number of hydrogen-bond donors (Lipinski definition) is 3. The second-order valence-electron chi connectivity index (χ2n) is 7.08. The Morgan fingerprint density at radius 2 is 2.04 bits per heavy atom. The van der Waals surface area contributed by atoms with Gasteiger partial charge in [0, 0.05) is 19.0 Å². The van der Waals surface area contributed by atoms with Crippen molar-refractivity contribution in [3.05, 3.63) is 34.9 Å². The van der Waals surface area contributed by atoms with Gasteiger partial charge in [-0.3, -0.25) is 29.4 Å². The highest BCUT2D eigenvalue weighted by atomic mass is 16.2. The number of nitrogens with zero attached hydrogens (tertiary/aromatic N) is 1. The molecule has 2 atom stereocenters. The number of rotatable bonds is 7. The van der Waals surface area contributed by atoms with Crippen LogP contribution in [0.1, 0.15) is 58.9 Å². The van der Waals surface area contributed by atoms with Crippen molar-refractivity contribution in [1.82, 2.24) is 15.5 Å². The minimum atomic E-state index is -0.943. The van der Waals surface area contributed by atoms with E-state index in [1.165, 1.54) is 0 Å². The fourth-order valence-corrected chi connectivity index (χ4v) is 3.50. The molecule has 1 saturated heterocycles. The van der Waals surface area contributed by atoms with Gasteiger partial charge in [-0.2, -0.15) is 0 Å². The van der Waals surface area contributed by atoms with Crippen molar-refractivity contribution in [2.75, 3.05) is 6.54 Å². The second kappa shape index (κ2) is 7.98. The summed E-state index contributed by atoms with van der Waals surface area (Å²) in [6.45, 7) is 3.16. The predicted molar refractivity (Wildman–Crippen MR) is 97.7 cm³/mol. The fraction of sp³-hybridized carbons (Fsp3) is 0.474. The average Bonchev–Trinajstić information content (AvgIpc) is 2.87. The number of fused-ring (bicyclic) bond motifs is 1. The molecule has 2 heterocycles. The molecule has 4 amide bonds. The van der Waals surface area contributed by atoms with Gasteiger partial charge in [0.05, 0.1) is 11.1 Å². The lowest BCUT2D eigenvalue weighted by Gasteiger charge is -2.27. The smallest absolute Gasteiger partial charge is 0.262 e. The summed E-state index contributed by atoms with van der Waals surface area (Å²) in [5.41, 5.74) is 7.10. The number of carbonyl (C=O) groups is 4. The van der Waals surface area contributed by atoms with E-state index in [0.717, 1.165) is 29.8 Å². The summed E-state index contributed by atoms with van der Waals surface area (Å²) in [7, 11) is 0. The first kappa shape index (κ1) is 19.2. The molecule has 8 nitrogen and oxygen atoms in total. The number of benzene rings is 1. The van der Waals surface area contributed by atoms with E-state index in [0.29, 0.717) is 17.7 Å². The Kier molecular flexibility index (Phi) is 5.67. The zero-order valence-corrected chi connectivity index (χ0v) is 15.3. The maximum Gasteiger partial charge on any atom is 0.262 e. The van der Waals surface area contributed by atoms with E-state index in [1.54, 1.807) is 18.2 Å². The molecular weight excluding hydrogens is 348 g/mol. The lowest BCUT2D eigenvalue weighted by molar-refractivity contribution is -0.136. The van der Waals surface area contributed by atoms with Crippen LogP contribution in [0.3, 0.4) is 0 Å². The molecule has 0 radical (unpaired) electrons. The average molecular weight is 372 g/mol. The van der Waals surface area contributed by atoms with Crippen LogP contribution in [-0.4, -0.2) is 47.2 Å². The van der Waals surface area contributed by atoms with Crippen LogP contribution in [0.25, 0.3) is 0 Å². The van der Waals surface area contributed by atoms with Crippen molar-refractivity contribution in [2.45, 2.75) is 51.2 Å². The van der Waals surface area contributed by atoms with Crippen LogP contribution in [0.15, 0.2) is 18.2 Å². The number of amides is 4. The van der Waals surface area contributed by atoms with Gasteiger partial charge < -0.3 is 11.1 Å². The van der Waals surface area contributed by atoms with Gasteiger partial charge in [-0.1, -0.05) is 12.1 Å². The molecule has 0 saturated carbocycles. The van der Waals surface area contributed by atoms with Gasteiger partial charge >= 0.3 is 0 Å². The molecule has 0 spiro atoms. The highest BCUT2D eigenvalue weighted by Gasteiger charge is 2.45. The minimum absolute atomic E-state index is 0.109. The standard InChI is InChI=1S/C19H24N4O4/c1-11(20)4-3-9-21-10-12-5-2-6-13-16(12)19(27)23(18(13)26)14-7-8-15(24)22-17(14)25/h2,5-6,11,14,21H,3-4,7-10,20H2,1H3,(H,22,24,25). The first-order valence-electron chi connectivity index (χ1n) is 9.20. The molecule has 0 aliphatic carbocycles. The number of nitrogens with two attached hydrogens (primary N) is 1. The molecule has 27 heavy (non-hydrogen) atoms. The topological polar surface area (TPSA) is 122 Å². The molecule has 1 aromatic rings. The molecular formula is C19H24N4O4. The van der Waals surface area contributed by atoms with Crippen LogP contribution in [-0.2, 0) is 16.1 Å². The van der Waals surface area contributed by atoms with Crippen LogP contribution in [0.2, 0.25) is 0 Å². The normalized spacial score (nSPS) is 20.7. The van der Waals surface area contributed by atoms with Crippen LogP contribution in [0, 0.1) is 0 Å². The lowest BCUT2D eigenvalue weighted by Crippen LogP contribution is -2.54. The van der Waals surface area contributed by atoms with Gasteiger partial charge in [-0.15, -0.1) is 0 Å². The number of hydrogen-bond acceptors (Lipinski definition) is 6. The number of nitrogens with one attached hydrogen (secondary N) is 2. The van der Waals surface area contributed by atoms with Crippen LogP contribution < -0.4 is 16.4 Å². The molecule has 2 aliphatic heterocycles. The van der Waals surface area contributed by atoms with Gasteiger partial charge in [-0.25, -0.2) is 0 Å². The maximum absolute atomic E-state index is 12.9. The van der Waals surface area contributed by atoms with Crippen LogP contribution in [0.4, 0.5) is 0 Å². The van der Waals surface area contributed by atoms with Crippen molar-refractivity contribution in [1.29, 1.82) is 0 Å². The van der Waals surface area contributed by atoms with E-state index in [4.69, 9.17) is 5.73 Å². The summed E-state index contributed by atoms with van der Waals surface area (Å²) in [5.74, 6) is -1.94. The Morgan fingerprint density at radius 1 is 1.26 bits per heavy atom. The van der Waals surface area contributed by atoms with Crippen LogP contribution >= 0.6 is 0 Å². The molecule has 3 rings (SSSR count). The lowest BCUT2D eigenvalue weighted by atomic mass is 10.0. The molecule has 2 unspecified atom stereocenters. The van der Waals surface area contributed by atoms with E-state index >= 15 is 0 Å². The zero-order valence-electron chi connectivity index (χ0n) is 15.3. The molecule has 2 aliphatic rings. The SMILES string of the molecule is CC(N)CCCNCc1cccc2c1C(=O)N(C1CCC(=O)NC1=O)C2=O. The number of piperidine rings is 1. The van der Waals surface area contributed by atoms with Crippen LogP contribution in [0.5, 0.6) is 0 Å². The molecule has 1 aromatic carbocycles. The Bertz CT molecular complexity index is 790. The van der Waals surface area contributed by atoms with E-state index < -0.39 is 23.8 Å². The summed E-state index contributed by atoms with van der Waals surface area (Å²) in [6, 6.07) is 4.34. The Balaban J connectivity index is 1.74. The molecule has 144 valence electrons. The third kappa shape index (κ3) is 3.91. The predicted octanol–water partition coefficient (Wildman–Crippen LogP) is 0.305. The Morgan fingerprint density at radius 3 is 2.74 bits per heavy atom. The fourth-order valence-electron chi connectivity index (χ4n) is 3.50. The van der Waals surface area contributed by atoms with E-state index in [1.807, 2.05) is 6.92 Å². The molecule has 4 N–H and O–H groups in total. The van der Waals surface area contributed by atoms with Crippen molar-refractivity contribution in [3.8, 4) is 0 Å². The molecule has 0 bridgehead atoms. The first-order chi connectivity index (χ1) is 12.9. The third-order valence-corrected chi connectivity index (χ3v) is 4.88. The summed E-state index contributed by atoms with van der Waals surface area (Å²) in [5, 5.41) is 5.47. The van der Waals surface area contributed by atoms with Crippen molar-refractivity contribution in [2.24, 2.45) is 5.73 Å². The minimum Gasteiger partial charge on any atom is -0.328 e. The van der Waals surface area contributed by atoms with Gasteiger partial charge in [0.1, 0.15) is 6.04 Å². The molecule has 0 aromatic heterocycles. The van der Waals surface area contributed by atoms with Crippen molar-refractivity contribution in [3.63, 3.8) is 0 Å². The zero-order chi connectivity index (χ0) is 19.6. The van der Waals surface area contributed by atoms with Crippen molar-refractivity contribution < 1.29 is 19.2 Å². The molecule has 8 heteroatoms. The van der Waals surface area contributed by atoms with E-state index in [2.05, 4.69) is 10.6 Å². The number of imide groups is 2. The van der Waals surface area contributed by atoms with Gasteiger partial charge in [0.15, 0.2) is 0 Å². The number of carbonyl (C=O) groups excluding carboxylic acids is 4. The second-order valence-corrected chi connectivity index (χ2v) is 7.08. The quantitative estimate of drug-likeness (QED) is 0.468. The summed E-state index contributed by atoms with van der Waals surface area (Å²) in [6.07, 6.45) is 2.08.